The van der Waals surface area contributed by atoms with Gasteiger partial charge >= 0.3 is 0 Å². The lowest BCUT2D eigenvalue weighted by atomic mass is 10.1. The molecule has 0 N–H and O–H groups in total. The maximum atomic E-state index is 12.0. The Balaban J connectivity index is 2.02. The van der Waals surface area contributed by atoms with Gasteiger partial charge in [0.05, 0.1) is 0 Å². The minimum atomic E-state index is 0.511. The van der Waals surface area contributed by atoms with Crippen molar-refractivity contribution in [2.45, 2.75) is 0 Å². The van der Waals surface area contributed by atoms with Crippen LogP contribution in [0.5, 0.6) is 0 Å². The molecule has 0 fully saturated rings. The van der Waals surface area contributed by atoms with Crippen molar-refractivity contribution in [3.05, 3.63) is 95.6 Å². The average molecular weight is 359 g/mol. The molecule has 0 saturated carbocycles. The van der Waals surface area contributed by atoms with Gasteiger partial charge in [0.1, 0.15) is 17.2 Å². The number of carbonyl (C=O) groups is 1. The van der Waals surface area contributed by atoms with Gasteiger partial charge in [0.2, 0.25) is 0 Å². The van der Waals surface area contributed by atoms with E-state index in [4.69, 9.17) is 16.6 Å². The topological polar surface area (TPSA) is 34.9 Å². The Morgan fingerprint density at radius 2 is 1.35 bits per heavy atom. The van der Waals surface area contributed by atoms with Crippen LogP contribution in [-0.2, 0) is 0 Å². The first-order valence-electron chi connectivity index (χ1n) is 8.22. The number of carbonyl (C=O) groups excluding carboxylic acids is 1. The molecule has 0 aliphatic carbocycles. The third kappa shape index (κ3) is 2.93. The highest BCUT2D eigenvalue weighted by molar-refractivity contribution is 6.30. The molecule has 0 bridgehead atoms. The van der Waals surface area contributed by atoms with E-state index in [1.165, 1.54) is 0 Å². The zero-order valence-corrected chi connectivity index (χ0v) is 14.6. The lowest BCUT2D eigenvalue weighted by Crippen LogP contribution is -2.02. The molecule has 0 aliphatic rings. The molecular formula is C22H15ClN2O. The zero-order valence-electron chi connectivity index (χ0n) is 13.8. The Labute approximate surface area is 156 Å². The fraction of sp³-hybridized carbons (Fsp3) is 0. The maximum absolute atomic E-state index is 12.0. The van der Waals surface area contributed by atoms with Crippen LogP contribution in [0.1, 0.15) is 10.5 Å². The Morgan fingerprint density at radius 1 is 0.769 bits per heavy atom. The predicted octanol–water partition coefficient (Wildman–Crippen LogP) is 5.67. The van der Waals surface area contributed by atoms with Crippen molar-refractivity contribution >= 4 is 17.9 Å². The molecular weight excluding hydrogens is 344 g/mol. The highest BCUT2D eigenvalue weighted by Gasteiger charge is 2.20. The van der Waals surface area contributed by atoms with Crippen LogP contribution >= 0.6 is 11.6 Å². The lowest BCUT2D eigenvalue weighted by molar-refractivity contribution is 0.111. The number of aldehydes is 1. The lowest BCUT2D eigenvalue weighted by Gasteiger charge is -2.10. The Morgan fingerprint density at radius 3 is 1.92 bits per heavy atom. The zero-order chi connectivity index (χ0) is 17.9. The van der Waals surface area contributed by atoms with E-state index in [1.807, 2.05) is 89.5 Å². The number of imidazole rings is 1. The summed E-state index contributed by atoms with van der Waals surface area (Å²) >= 11 is 6.04. The number of rotatable bonds is 4. The molecule has 0 amide bonds. The second kappa shape index (κ2) is 6.98. The van der Waals surface area contributed by atoms with Crippen molar-refractivity contribution in [3.63, 3.8) is 0 Å². The first-order chi connectivity index (χ1) is 12.8. The van der Waals surface area contributed by atoms with Gasteiger partial charge in [-0.3, -0.25) is 9.36 Å². The molecule has 26 heavy (non-hydrogen) atoms. The Bertz CT molecular complexity index is 1040. The van der Waals surface area contributed by atoms with Gasteiger partial charge in [-0.05, 0) is 24.3 Å². The summed E-state index contributed by atoms with van der Waals surface area (Å²) in [4.78, 5) is 16.8. The van der Waals surface area contributed by atoms with E-state index in [0.717, 1.165) is 23.1 Å². The number of hydrogen-bond acceptors (Lipinski definition) is 2. The summed E-state index contributed by atoms with van der Waals surface area (Å²) < 4.78 is 1.88. The number of halogens is 1. The van der Waals surface area contributed by atoms with E-state index in [0.29, 0.717) is 22.2 Å². The van der Waals surface area contributed by atoms with Crippen molar-refractivity contribution in [1.82, 2.24) is 9.55 Å². The van der Waals surface area contributed by atoms with E-state index < -0.39 is 0 Å². The molecule has 4 aromatic rings. The van der Waals surface area contributed by atoms with E-state index in [2.05, 4.69) is 0 Å². The van der Waals surface area contributed by atoms with Gasteiger partial charge in [0.15, 0.2) is 6.29 Å². The van der Waals surface area contributed by atoms with E-state index >= 15 is 0 Å². The molecule has 0 spiro atoms. The van der Waals surface area contributed by atoms with Gasteiger partial charge < -0.3 is 0 Å². The van der Waals surface area contributed by atoms with Gasteiger partial charge in [-0.15, -0.1) is 0 Å². The summed E-state index contributed by atoms with van der Waals surface area (Å²) in [6.07, 6.45) is 0.858. The third-order valence-corrected chi connectivity index (χ3v) is 4.44. The fourth-order valence-corrected chi connectivity index (χ4v) is 3.11. The van der Waals surface area contributed by atoms with Crippen molar-refractivity contribution in [2.24, 2.45) is 0 Å². The normalized spacial score (nSPS) is 10.7. The number of benzene rings is 3. The van der Waals surface area contributed by atoms with Crippen LogP contribution in [0.25, 0.3) is 28.3 Å². The highest BCUT2D eigenvalue weighted by Crippen LogP contribution is 2.31. The number of nitrogens with zero attached hydrogens (tertiary/aromatic N) is 2. The highest BCUT2D eigenvalue weighted by atomic mass is 35.5. The Kier molecular flexibility index (Phi) is 4.38. The summed E-state index contributed by atoms with van der Waals surface area (Å²) in [5, 5.41) is 0.645. The predicted molar refractivity (Wildman–Crippen MR) is 105 cm³/mol. The molecule has 0 aliphatic heterocycles. The SMILES string of the molecule is O=Cc1c(-c2ccccc2)nc(-c2ccccc2)n1-c1ccc(Cl)cc1. The van der Waals surface area contributed by atoms with Crippen LogP contribution in [0, 0.1) is 0 Å². The molecule has 3 aromatic carbocycles. The number of hydrogen-bond donors (Lipinski definition) is 0. The molecule has 0 radical (unpaired) electrons. The maximum Gasteiger partial charge on any atom is 0.169 e. The standard InChI is InChI=1S/C22H15ClN2O/c23-18-11-13-19(14-12-18)25-20(15-26)21(16-7-3-1-4-8-16)24-22(25)17-9-5-2-6-10-17/h1-15H. The van der Waals surface area contributed by atoms with Crippen molar-refractivity contribution in [3.8, 4) is 28.3 Å². The molecule has 126 valence electrons. The average Bonchev–Trinajstić information content (AvgIpc) is 3.09. The Hall–Kier alpha value is -3.17. The van der Waals surface area contributed by atoms with Gasteiger partial charge in [0, 0.05) is 21.8 Å². The second-order valence-corrected chi connectivity index (χ2v) is 6.27. The first kappa shape index (κ1) is 16.3. The smallest absolute Gasteiger partial charge is 0.169 e. The summed E-state index contributed by atoms with van der Waals surface area (Å²) in [5.41, 5.74) is 3.85. The molecule has 4 heteroatoms. The van der Waals surface area contributed by atoms with Crippen LogP contribution in [0.3, 0.4) is 0 Å². The van der Waals surface area contributed by atoms with Gasteiger partial charge in [-0.2, -0.15) is 0 Å². The second-order valence-electron chi connectivity index (χ2n) is 5.83. The number of aromatic nitrogens is 2. The molecule has 1 heterocycles. The minimum Gasteiger partial charge on any atom is -0.296 e. The fourth-order valence-electron chi connectivity index (χ4n) is 2.98. The molecule has 3 nitrogen and oxygen atoms in total. The minimum absolute atomic E-state index is 0.511. The van der Waals surface area contributed by atoms with Crippen molar-refractivity contribution in [2.75, 3.05) is 0 Å². The molecule has 0 atom stereocenters. The van der Waals surface area contributed by atoms with Crippen LogP contribution in [0.4, 0.5) is 0 Å². The molecule has 0 unspecified atom stereocenters. The van der Waals surface area contributed by atoms with Crippen molar-refractivity contribution in [1.29, 1.82) is 0 Å². The first-order valence-corrected chi connectivity index (χ1v) is 8.60. The summed E-state index contributed by atoms with van der Waals surface area (Å²) in [6.45, 7) is 0. The molecule has 4 rings (SSSR count). The van der Waals surface area contributed by atoms with Crippen LogP contribution in [0.2, 0.25) is 5.02 Å². The van der Waals surface area contributed by atoms with E-state index in [1.54, 1.807) is 0 Å². The van der Waals surface area contributed by atoms with Crippen LogP contribution in [0.15, 0.2) is 84.9 Å². The summed E-state index contributed by atoms with van der Waals surface area (Å²) in [6, 6.07) is 27.0. The summed E-state index contributed by atoms with van der Waals surface area (Å²) in [5.74, 6) is 0.717. The van der Waals surface area contributed by atoms with E-state index in [9.17, 15) is 4.79 Å². The third-order valence-electron chi connectivity index (χ3n) is 4.19. The monoisotopic (exact) mass is 358 g/mol. The van der Waals surface area contributed by atoms with Gasteiger partial charge in [0.25, 0.3) is 0 Å². The largest absolute Gasteiger partial charge is 0.296 e. The van der Waals surface area contributed by atoms with E-state index in [-0.39, 0.29) is 0 Å². The summed E-state index contributed by atoms with van der Waals surface area (Å²) in [7, 11) is 0. The van der Waals surface area contributed by atoms with Gasteiger partial charge in [-0.25, -0.2) is 4.98 Å². The van der Waals surface area contributed by atoms with Crippen LogP contribution < -0.4 is 0 Å². The van der Waals surface area contributed by atoms with Gasteiger partial charge in [-0.1, -0.05) is 72.3 Å². The quantitative estimate of drug-likeness (QED) is 0.440. The van der Waals surface area contributed by atoms with Crippen molar-refractivity contribution < 1.29 is 4.79 Å². The van der Waals surface area contributed by atoms with Crippen LogP contribution in [-0.4, -0.2) is 15.8 Å². The molecule has 0 saturated heterocycles. The molecule has 1 aromatic heterocycles.